The predicted molar refractivity (Wildman–Crippen MR) is 79.0 cm³/mol. The monoisotopic (exact) mass is 325 g/mol. The molecule has 1 atom stereocenters. The molecule has 0 amide bonds. The first-order valence-electron chi connectivity index (χ1n) is 7.67. The zero-order valence-electron chi connectivity index (χ0n) is 12.6. The molecule has 3 heterocycles. The van der Waals surface area contributed by atoms with Gasteiger partial charge in [0.1, 0.15) is 17.6 Å². The highest BCUT2D eigenvalue weighted by Gasteiger charge is 2.34. The van der Waals surface area contributed by atoms with E-state index in [0.717, 1.165) is 38.7 Å². The molecule has 2 aliphatic heterocycles. The van der Waals surface area contributed by atoms with E-state index in [4.69, 9.17) is 5.26 Å². The Hall–Kier alpha value is -1.85. The Labute approximate surface area is 132 Å². The molecule has 0 aromatic carbocycles. The van der Waals surface area contributed by atoms with Crippen molar-refractivity contribution in [2.45, 2.75) is 18.6 Å². The van der Waals surface area contributed by atoms with Crippen molar-refractivity contribution in [1.29, 1.82) is 5.26 Å². The molecule has 124 valence electrons. The first-order valence-corrected chi connectivity index (χ1v) is 7.67. The van der Waals surface area contributed by atoms with Crippen molar-refractivity contribution in [1.82, 2.24) is 15.2 Å². The second-order valence-corrected chi connectivity index (χ2v) is 5.85. The molecule has 0 bridgehead atoms. The Morgan fingerprint density at radius 3 is 2.52 bits per heavy atom. The fourth-order valence-electron chi connectivity index (χ4n) is 3.18. The minimum atomic E-state index is -4.50. The van der Waals surface area contributed by atoms with E-state index in [1.807, 2.05) is 6.07 Å². The summed E-state index contributed by atoms with van der Waals surface area (Å²) < 4.78 is 38.6. The lowest BCUT2D eigenvalue weighted by atomic mass is 10.1. The van der Waals surface area contributed by atoms with E-state index in [-0.39, 0.29) is 11.4 Å². The molecule has 0 radical (unpaired) electrons. The quantitative estimate of drug-likeness (QED) is 0.892. The van der Waals surface area contributed by atoms with Gasteiger partial charge in [0.25, 0.3) is 0 Å². The lowest BCUT2D eigenvalue weighted by molar-refractivity contribution is -0.141. The number of nitrogens with zero attached hydrogens (tertiary/aromatic N) is 4. The van der Waals surface area contributed by atoms with Gasteiger partial charge in [0, 0.05) is 38.8 Å². The van der Waals surface area contributed by atoms with Crippen LogP contribution >= 0.6 is 0 Å². The van der Waals surface area contributed by atoms with Crippen LogP contribution in [0.5, 0.6) is 0 Å². The van der Waals surface area contributed by atoms with Gasteiger partial charge < -0.3 is 10.2 Å². The molecule has 0 aliphatic carbocycles. The van der Waals surface area contributed by atoms with Crippen molar-refractivity contribution in [3.63, 3.8) is 0 Å². The number of anilines is 1. The maximum absolute atomic E-state index is 12.9. The Kier molecular flexibility index (Phi) is 4.41. The number of halogens is 3. The van der Waals surface area contributed by atoms with Gasteiger partial charge in [-0.2, -0.15) is 18.4 Å². The molecule has 1 N–H and O–H groups in total. The smallest absolute Gasteiger partial charge is 0.353 e. The molecular weight excluding hydrogens is 307 g/mol. The van der Waals surface area contributed by atoms with E-state index in [0.29, 0.717) is 19.1 Å². The van der Waals surface area contributed by atoms with Crippen molar-refractivity contribution in [2.75, 3.05) is 44.2 Å². The van der Waals surface area contributed by atoms with Crippen molar-refractivity contribution in [3.05, 3.63) is 23.4 Å². The standard InChI is InChI=1S/C15H18F3N5/c16-15(17,18)13-2-1-11(9-19)14(21-13)23-7-5-22(6-8-23)12-3-4-20-10-12/h1-2,12,20H,3-8,10H2. The highest BCUT2D eigenvalue weighted by Crippen LogP contribution is 2.30. The SMILES string of the molecule is N#Cc1ccc(C(F)(F)F)nc1N1CCN(C2CCNC2)CC1. The molecule has 23 heavy (non-hydrogen) atoms. The van der Waals surface area contributed by atoms with E-state index in [1.165, 1.54) is 6.07 Å². The van der Waals surface area contributed by atoms with E-state index in [9.17, 15) is 13.2 Å². The molecule has 0 spiro atoms. The number of hydrogen-bond acceptors (Lipinski definition) is 5. The van der Waals surface area contributed by atoms with Crippen LogP contribution in [0, 0.1) is 11.3 Å². The summed E-state index contributed by atoms with van der Waals surface area (Å²) in [6.07, 6.45) is -3.40. The molecule has 3 rings (SSSR count). The fourth-order valence-corrected chi connectivity index (χ4v) is 3.18. The summed E-state index contributed by atoms with van der Waals surface area (Å²) in [6, 6.07) is 4.51. The summed E-state index contributed by atoms with van der Waals surface area (Å²) in [5.41, 5.74) is -0.761. The van der Waals surface area contributed by atoms with Crippen molar-refractivity contribution in [2.24, 2.45) is 0 Å². The minimum absolute atomic E-state index is 0.145. The van der Waals surface area contributed by atoms with Gasteiger partial charge in [-0.05, 0) is 25.1 Å². The molecule has 1 aromatic heterocycles. The van der Waals surface area contributed by atoms with Gasteiger partial charge in [0.15, 0.2) is 0 Å². The molecule has 2 saturated heterocycles. The van der Waals surface area contributed by atoms with Crippen LogP contribution in [0.3, 0.4) is 0 Å². The highest BCUT2D eigenvalue weighted by molar-refractivity contribution is 5.55. The number of alkyl halides is 3. The molecule has 2 fully saturated rings. The molecule has 2 aliphatic rings. The Balaban J connectivity index is 1.75. The molecule has 8 heteroatoms. The van der Waals surface area contributed by atoms with Crippen LogP contribution in [0.4, 0.5) is 19.0 Å². The molecular formula is C15H18F3N5. The zero-order chi connectivity index (χ0) is 16.4. The zero-order valence-corrected chi connectivity index (χ0v) is 12.6. The van der Waals surface area contributed by atoms with Crippen LogP contribution in [0.2, 0.25) is 0 Å². The van der Waals surface area contributed by atoms with Crippen LogP contribution in [0.1, 0.15) is 17.7 Å². The van der Waals surface area contributed by atoms with Gasteiger partial charge in [-0.25, -0.2) is 4.98 Å². The normalized spacial score (nSPS) is 23.0. The first kappa shape index (κ1) is 16.0. The number of hydrogen-bond donors (Lipinski definition) is 1. The average Bonchev–Trinajstić information content (AvgIpc) is 3.08. The number of nitriles is 1. The predicted octanol–water partition coefficient (Wildman–Crippen LogP) is 1.46. The molecule has 0 saturated carbocycles. The number of nitrogens with one attached hydrogen (secondary N) is 1. The fraction of sp³-hybridized carbons (Fsp3) is 0.600. The van der Waals surface area contributed by atoms with Crippen LogP contribution < -0.4 is 10.2 Å². The van der Waals surface area contributed by atoms with Crippen LogP contribution in [0.25, 0.3) is 0 Å². The van der Waals surface area contributed by atoms with E-state index in [2.05, 4.69) is 15.2 Å². The topological polar surface area (TPSA) is 55.2 Å². The number of pyridine rings is 1. The molecule has 5 nitrogen and oxygen atoms in total. The lowest BCUT2D eigenvalue weighted by Crippen LogP contribution is -2.51. The summed E-state index contributed by atoms with van der Waals surface area (Å²) in [5.74, 6) is 0.145. The van der Waals surface area contributed by atoms with Crippen molar-refractivity contribution >= 4 is 5.82 Å². The minimum Gasteiger partial charge on any atom is -0.353 e. The van der Waals surface area contributed by atoms with E-state index < -0.39 is 11.9 Å². The van der Waals surface area contributed by atoms with Gasteiger partial charge in [-0.1, -0.05) is 0 Å². The lowest BCUT2D eigenvalue weighted by Gasteiger charge is -2.38. The van der Waals surface area contributed by atoms with Gasteiger partial charge in [-0.3, -0.25) is 4.90 Å². The first-order chi connectivity index (χ1) is 11.0. The third-order valence-corrected chi connectivity index (χ3v) is 4.45. The summed E-state index contributed by atoms with van der Waals surface area (Å²) in [4.78, 5) is 7.85. The number of aromatic nitrogens is 1. The largest absolute Gasteiger partial charge is 0.433 e. The summed E-state index contributed by atoms with van der Waals surface area (Å²) in [5, 5.41) is 12.5. The highest BCUT2D eigenvalue weighted by atomic mass is 19.4. The Morgan fingerprint density at radius 2 is 1.96 bits per heavy atom. The van der Waals surface area contributed by atoms with Gasteiger partial charge in [0.2, 0.25) is 0 Å². The maximum Gasteiger partial charge on any atom is 0.433 e. The number of piperazine rings is 1. The van der Waals surface area contributed by atoms with E-state index in [1.54, 1.807) is 4.90 Å². The molecule has 1 aromatic rings. The van der Waals surface area contributed by atoms with E-state index >= 15 is 0 Å². The maximum atomic E-state index is 12.9. The van der Waals surface area contributed by atoms with Crippen LogP contribution in [-0.2, 0) is 6.18 Å². The second-order valence-electron chi connectivity index (χ2n) is 5.85. The number of rotatable bonds is 2. The second kappa shape index (κ2) is 6.34. The molecule has 1 unspecified atom stereocenters. The van der Waals surface area contributed by atoms with Crippen LogP contribution in [-0.4, -0.2) is 55.2 Å². The van der Waals surface area contributed by atoms with Crippen LogP contribution in [0.15, 0.2) is 12.1 Å². The van der Waals surface area contributed by atoms with Crippen molar-refractivity contribution in [3.8, 4) is 6.07 Å². The van der Waals surface area contributed by atoms with Crippen molar-refractivity contribution < 1.29 is 13.2 Å². The third-order valence-electron chi connectivity index (χ3n) is 4.45. The Morgan fingerprint density at radius 1 is 1.22 bits per heavy atom. The summed E-state index contributed by atoms with van der Waals surface area (Å²) >= 11 is 0. The Bertz CT molecular complexity index is 596. The van der Waals surface area contributed by atoms with Gasteiger partial charge in [-0.15, -0.1) is 0 Å². The van der Waals surface area contributed by atoms with Gasteiger partial charge >= 0.3 is 6.18 Å². The van der Waals surface area contributed by atoms with Gasteiger partial charge in [0.05, 0.1) is 5.56 Å². The third kappa shape index (κ3) is 3.41. The summed E-state index contributed by atoms with van der Waals surface area (Å²) in [7, 11) is 0. The summed E-state index contributed by atoms with van der Waals surface area (Å²) in [6.45, 7) is 4.69. The average molecular weight is 325 g/mol.